The molecule has 1 amide bonds. The largest absolute Gasteiger partial charge is 0.416 e. The van der Waals surface area contributed by atoms with E-state index in [1.807, 2.05) is 0 Å². The van der Waals surface area contributed by atoms with E-state index >= 15 is 0 Å². The van der Waals surface area contributed by atoms with Gasteiger partial charge in [-0.1, -0.05) is 17.3 Å². The van der Waals surface area contributed by atoms with Gasteiger partial charge in [-0.05, 0) is 57.5 Å². The van der Waals surface area contributed by atoms with Crippen molar-refractivity contribution >= 4 is 18.3 Å². The van der Waals surface area contributed by atoms with Gasteiger partial charge in [0.25, 0.3) is 5.91 Å². The van der Waals surface area contributed by atoms with Crippen molar-refractivity contribution in [3.8, 4) is 0 Å². The monoisotopic (exact) mass is 431 g/mol. The van der Waals surface area contributed by atoms with Crippen molar-refractivity contribution in [1.82, 2.24) is 25.2 Å². The summed E-state index contributed by atoms with van der Waals surface area (Å²) >= 11 is 0. The molecule has 0 saturated carbocycles. The summed E-state index contributed by atoms with van der Waals surface area (Å²) in [7, 11) is 0. The molecule has 1 saturated heterocycles. The zero-order valence-electron chi connectivity index (χ0n) is 16.3. The van der Waals surface area contributed by atoms with Gasteiger partial charge in [0.2, 0.25) is 0 Å². The van der Waals surface area contributed by atoms with Gasteiger partial charge in [0.1, 0.15) is 0 Å². The van der Waals surface area contributed by atoms with E-state index in [4.69, 9.17) is 0 Å². The number of hydrogen-bond acceptors (Lipinski definition) is 4. The van der Waals surface area contributed by atoms with Gasteiger partial charge >= 0.3 is 6.18 Å². The molecule has 6 nitrogen and oxygen atoms in total. The SMILES string of the molecule is CCN(C(=O)c1cn(C2CCNCC2)nn1)C(C)c1cccc(C(F)(F)F)c1.Cl. The van der Waals surface area contributed by atoms with Crippen molar-refractivity contribution in [3.63, 3.8) is 0 Å². The Labute approximate surface area is 173 Å². The van der Waals surface area contributed by atoms with Gasteiger partial charge in [-0.15, -0.1) is 17.5 Å². The minimum Gasteiger partial charge on any atom is -0.331 e. The molecule has 1 aliphatic heterocycles. The van der Waals surface area contributed by atoms with Crippen LogP contribution in [0.15, 0.2) is 30.5 Å². The van der Waals surface area contributed by atoms with E-state index in [1.54, 1.807) is 30.8 Å². The van der Waals surface area contributed by atoms with Crippen molar-refractivity contribution in [3.05, 3.63) is 47.3 Å². The van der Waals surface area contributed by atoms with Crippen LogP contribution in [0, 0.1) is 0 Å². The van der Waals surface area contributed by atoms with Gasteiger partial charge in [-0.3, -0.25) is 4.79 Å². The summed E-state index contributed by atoms with van der Waals surface area (Å²) in [6.45, 7) is 5.63. The highest BCUT2D eigenvalue weighted by Gasteiger charge is 2.32. The number of nitrogens with zero attached hydrogens (tertiary/aromatic N) is 4. The number of aromatic nitrogens is 3. The fourth-order valence-electron chi connectivity index (χ4n) is 3.52. The highest BCUT2D eigenvalue weighted by Crippen LogP contribution is 2.32. The zero-order chi connectivity index (χ0) is 20.3. The number of carbonyl (C=O) groups is 1. The van der Waals surface area contributed by atoms with Crippen LogP contribution >= 0.6 is 12.4 Å². The summed E-state index contributed by atoms with van der Waals surface area (Å²) in [6.07, 6.45) is -0.960. The molecule has 29 heavy (non-hydrogen) atoms. The van der Waals surface area contributed by atoms with Crippen LogP contribution in [0.3, 0.4) is 0 Å². The maximum absolute atomic E-state index is 13.0. The number of alkyl halides is 3. The van der Waals surface area contributed by atoms with E-state index in [9.17, 15) is 18.0 Å². The standard InChI is InChI=1S/C19H24F3N5O.ClH/c1-3-26(13(2)14-5-4-6-15(11-14)19(20,21)22)18(28)17-12-27(25-24-17)16-7-9-23-10-8-16;/h4-6,11-13,16,23H,3,7-10H2,1-2H3;1H. The lowest BCUT2D eigenvalue weighted by atomic mass is 10.0. The number of halogens is 4. The quantitative estimate of drug-likeness (QED) is 0.780. The lowest BCUT2D eigenvalue weighted by Gasteiger charge is -2.28. The molecule has 160 valence electrons. The van der Waals surface area contributed by atoms with Crippen molar-refractivity contribution in [1.29, 1.82) is 0 Å². The first-order valence-electron chi connectivity index (χ1n) is 9.42. The van der Waals surface area contributed by atoms with E-state index in [2.05, 4.69) is 15.6 Å². The summed E-state index contributed by atoms with van der Waals surface area (Å²) in [5, 5.41) is 11.4. The number of piperidine rings is 1. The Bertz CT molecular complexity index is 820. The number of amides is 1. The topological polar surface area (TPSA) is 63.1 Å². The Morgan fingerprint density at radius 2 is 2.03 bits per heavy atom. The van der Waals surface area contributed by atoms with Gasteiger partial charge in [0, 0.05) is 6.54 Å². The number of carbonyl (C=O) groups excluding carboxylic acids is 1. The Hall–Kier alpha value is -2.13. The summed E-state index contributed by atoms with van der Waals surface area (Å²) in [5.41, 5.74) is -0.0906. The Morgan fingerprint density at radius 1 is 1.34 bits per heavy atom. The third kappa shape index (κ3) is 5.27. The van der Waals surface area contributed by atoms with Crippen LogP contribution in [0.1, 0.15) is 60.4 Å². The molecule has 1 aromatic heterocycles. The van der Waals surface area contributed by atoms with Crippen molar-refractivity contribution in [2.45, 2.75) is 44.9 Å². The molecule has 0 bridgehead atoms. The predicted molar refractivity (Wildman–Crippen MR) is 105 cm³/mol. The van der Waals surface area contributed by atoms with Crippen LogP contribution < -0.4 is 5.32 Å². The van der Waals surface area contributed by atoms with Crippen LogP contribution in [0.4, 0.5) is 13.2 Å². The van der Waals surface area contributed by atoms with Crippen LogP contribution in [-0.2, 0) is 6.18 Å². The minimum absolute atomic E-state index is 0. The molecule has 3 rings (SSSR count). The predicted octanol–water partition coefficient (Wildman–Crippen LogP) is 3.87. The average molecular weight is 432 g/mol. The fraction of sp³-hybridized carbons (Fsp3) is 0.526. The molecule has 0 radical (unpaired) electrons. The van der Waals surface area contributed by atoms with Crippen LogP contribution in [0.2, 0.25) is 0 Å². The summed E-state index contributed by atoms with van der Waals surface area (Å²) in [5.74, 6) is -0.340. The van der Waals surface area contributed by atoms with E-state index < -0.39 is 17.8 Å². The molecule has 2 heterocycles. The third-order valence-electron chi connectivity index (χ3n) is 5.18. The highest BCUT2D eigenvalue weighted by atomic mass is 35.5. The number of rotatable bonds is 5. The van der Waals surface area contributed by atoms with E-state index in [0.717, 1.165) is 38.1 Å². The molecular formula is C19H25ClF3N5O. The molecule has 1 N–H and O–H groups in total. The molecule has 1 aromatic carbocycles. The summed E-state index contributed by atoms with van der Waals surface area (Å²) < 4.78 is 40.8. The molecule has 0 spiro atoms. The normalized spacial score (nSPS) is 16.2. The second-order valence-electron chi connectivity index (χ2n) is 6.96. The minimum atomic E-state index is -4.42. The number of benzene rings is 1. The maximum atomic E-state index is 13.0. The van der Waals surface area contributed by atoms with Crippen molar-refractivity contribution < 1.29 is 18.0 Å². The van der Waals surface area contributed by atoms with E-state index in [1.165, 1.54) is 11.0 Å². The van der Waals surface area contributed by atoms with Crippen LogP contribution in [0.5, 0.6) is 0 Å². The second-order valence-corrected chi connectivity index (χ2v) is 6.96. The van der Waals surface area contributed by atoms with E-state index in [-0.39, 0.29) is 30.0 Å². The number of hydrogen-bond donors (Lipinski definition) is 1. The van der Waals surface area contributed by atoms with Crippen LogP contribution in [-0.4, -0.2) is 45.4 Å². The smallest absolute Gasteiger partial charge is 0.331 e. The first-order valence-corrected chi connectivity index (χ1v) is 9.42. The maximum Gasteiger partial charge on any atom is 0.416 e. The first-order chi connectivity index (χ1) is 13.3. The molecule has 0 aliphatic carbocycles. The molecule has 2 aromatic rings. The average Bonchev–Trinajstić information content (AvgIpc) is 3.19. The van der Waals surface area contributed by atoms with Gasteiger partial charge in [0.15, 0.2) is 5.69 Å². The molecule has 1 aliphatic rings. The Morgan fingerprint density at radius 3 is 2.66 bits per heavy atom. The van der Waals surface area contributed by atoms with E-state index in [0.29, 0.717) is 12.1 Å². The van der Waals surface area contributed by atoms with Crippen molar-refractivity contribution in [2.24, 2.45) is 0 Å². The fourth-order valence-corrected chi connectivity index (χ4v) is 3.52. The molecule has 1 fully saturated rings. The molecule has 1 atom stereocenters. The highest BCUT2D eigenvalue weighted by molar-refractivity contribution is 5.92. The van der Waals surface area contributed by atoms with Crippen molar-refractivity contribution in [2.75, 3.05) is 19.6 Å². The summed E-state index contributed by atoms with van der Waals surface area (Å²) in [4.78, 5) is 14.5. The van der Waals surface area contributed by atoms with Crippen LogP contribution in [0.25, 0.3) is 0 Å². The van der Waals surface area contributed by atoms with Gasteiger partial charge in [-0.25, -0.2) is 4.68 Å². The lowest BCUT2D eigenvalue weighted by molar-refractivity contribution is -0.137. The molecular weight excluding hydrogens is 407 g/mol. The number of nitrogens with one attached hydrogen (secondary N) is 1. The van der Waals surface area contributed by atoms with Gasteiger partial charge in [0.05, 0.1) is 23.8 Å². The second kappa shape index (κ2) is 9.58. The Kier molecular flexibility index (Phi) is 7.65. The van der Waals surface area contributed by atoms with Gasteiger partial charge in [-0.2, -0.15) is 13.2 Å². The first kappa shape index (κ1) is 23.2. The zero-order valence-corrected chi connectivity index (χ0v) is 17.1. The van der Waals surface area contributed by atoms with Gasteiger partial charge < -0.3 is 10.2 Å². The third-order valence-corrected chi connectivity index (χ3v) is 5.18. The molecule has 1 unspecified atom stereocenters. The summed E-state index contributed by atoms with van der Waals surface area (Å²) in [6, 6.07) is 4.75. The molecule has 10 heteroatoms. The Balaban J connectivity index is 0.00000300. The lowest BCUT2D eigenvalue weighted by Crippen LogP contribution is -2.34.